The molecule has 1 N–H and O–H groups in total. The van der Waals surface area contributed by atoms with Gasteiger partial charge in [-0.3, -0.25) is 4.99 Å². The van der Waals surface area contributed by atoms with Gasteiger partial charge in [0.15, 0.2) is 5.96 Å². The van der Waals surface area contributed by atoms with E-state index in [1.54, 1.807) is 12.7 Å². The molecular formula is C18H26N6O. The predicted molar refractivity (Wildman–Crippen MR) is 97.3 cm³/mol. The second kappa shape index (κ2) is 8.62. The van der Waals surface area contributed by atoms with Crippen molar-refractivity contribution in [3.8, 4) is 0 Å². The standard InChI is InChI=1S/C18H26N6O/c1-19-18(23(2)10-17-6-7-25-12-17)21-9-15-4-3-5-16(8-15)11-24-14-20-13-22-24/h3-5,8,13-14,17H,6-7,9-12H2,1-2H3,(H,19,21). The van der Waals surface area contributed by atoms with Crippen LogP contribution in [-0.2, 0) is 17.8 Å². The molecule has 1 atom stereocenters. The molecule has 0 radical (unpaired) electrons. The molecule has 1 aromatic carbocycles. The average Bonchev–Trinajstić information content (AvgIpc) is 3.30. The Balaban J connectivity index is 1.54. The highest BCUT2D eigenvalue weighted by molar-refractivity contribution is 5.79. The van der Waals surface area contributed by atoms with Crippen LogP contribution in [0.3, 0.4) is 0 Å². The number of nitrogens with one attached hydrogen (secondary N) is 1. The summed E-state index contributed by atoms with van der Waals surface area (Å²) < 4.78 is 7.28. The monoisotopic (exact) mass is 342 g/mol. The molecule has 1 aliphatic rings. The van der Waals surface area contributed by atoms with Crippen LogP contribution in [0.25, 0.3) is 0 Å². The number of aromatic nitrogens is 3. The molecule has 1 fully saturated rings. The third kappa shape index (κ3) is 5.03. The fourth-order valence-corrected chi connectivity index (χ4v) is 3.11. The van der Waals surface area contributed by atoms with E-state index in [2.05, 4.69) is 56.6 Å². The summed E-state index contributed by atoms with van der Waals surface area (Å²) in [6.45, 7) is 4.16. The lowest BCUT2D eigenvalue weighted by atomic mass is 10.1. The summed E-state index contributed by atoms with van der Waals surface area (Å²) in [5, 5.41) is 7.60. The molecule has 2 aromatic rings. The molecule has 1 aromatic heterocycles. The van der Waals surface area contributed by atoms with Gasteiger partial charge >= 0.3 is 0 Å². The minimum Gasteiger partial charge on any atom is -0.381 e. The number of nitrogens with zero attached hydrogens (tertiary/aromatic N) is 5. The van der Waals surface area contributed by atoms with Gasteiger partial charge in [0, 0.05) is 39.7 Å². The summed E-state index contributed by atoms with van der Waals surface area (Å²) in [5.41, 5.74) is 2.42. The molecule has 1 unspecified atom stereocenters. The molecule has 0 saturated carbocycles. The Morgan fingerprint density at radius 3 is 3.04 bits per heavy atom. The fourth-order valence-electron chi connectivity index (χ4n) is 3.11. The maximum absolute atomic E-state index is 5.46. The molecule has 1 aliphatic heterocycles. The SMILES string of the molecule is CN=C(NCc1cccc(Cn2cncn2)c1)N(C)CC1CCOC1. The quantitative estimate of drug-likeness (QED) is 0.634. The third-order valence-corrected chi connectivity index (χ3v) is 4.38. The van der Waals surface area contributed by atoms with E-state index in [1.807, 2.05) is 11.7 Å². The van der Waals surface area contributed by atoms with Crippen LogP contribution >= 0.6 is 0 Å². The van der Waals surface area contributed by atoms with Gasteiger partial charge in [0.2, 0.25) is 0 Å². The van der Waals surface area contributed by atoms with Gasteiger partial charge in [-0.2, -0.15) is 5.10 Å². The molecule has 7 nitrogen and oxygen atoms in total. The van der Waals surface area contributed by atoms with Gasteiger partial charge in [-0.25, -0.2) is 9.67 Å². The van der Waals surface area contributed by atoms with Crippen LogP contribution in [0, 0.1) is 5.92 Å². The number of hydrogen-bond acceptors (Lipinski definition) is 4. The highest BCUT2D eigenvalue weighted by Crippen LogP contribution is 2.13. The van der Waals surface area contributed by atoms with Crippen molar-refractivity contribution in [2.75, 3.05) is 33.9 Å². The van der Waals surface area contributed by atoms with Crippen molar-refractivity contribution in [3.63, 3.8) is 0 Å². The predicted octanol–water partition coefficient (Wildman–Crippen LogP) is 1.37. The maximum atomic E-state index is 5.46. The van der Waals surface area contributed by atoms with Crippen molar-refractivity contribution in [1.29, 1.82) is 0 Å². The van der Waals surface area contributed by atoms with Crippen molar-refractivity contribution < 1.29 is 4.74 Å². The Labute approximate surface area is 148 Å². The van der Waals surface area contributed by atoms with Crippen LogP contribution in [0.4, 0.5) is 0 Å². The lowest BCUT2D eigenvalue weighted by Crippen LogP contribution is -2.41. The number of aliphatic imine (C=N–C) groups is 1. The first-order valence-corrected chi connectivity index (χ1v) is 8.64. The minimum atomic E-state index is 0.592. The highest BCUT2D eigenvalue weighted by atomic mass is 16.5. The van der Waals surface area contributed by atoms with Crippen molar-refractivity contribution >= 4 is 5.96 Å². The lowest BCUT2D eigenvalue weighted by molar-refractivity contribution is 0.181. The molecule has 2 heterocycles. The van der Waals surface area contributed by atoms with E-state index in [1.165, 1.54) is 11.1 Å². The largest absolute Gasteiger partial charge is 0.381 e. The molecule has 0 bridgehead atoms. The van der Waals surface area contributed by atoms with Gasteiger partial charge in [-0.1, -0.05) is 24.3 Å². The lowest BCUT2D eigenvalue weighted by Gasteiger charge is -2.24. The Kier molecular flexibility index (Phi) is 6.00. The smallest absolute Gasteiger partial charge is 0.193 e. The van der Waals surface area contributed by atoms with E-state index in [4.69, 9.17) is 4.74 Å². The topological polar surface area (TPSA) is 67.6 Å². The van der Waals surface area contributed by atoms with Crippen molar-refractivity contribution in [2.24, 2.45) is 10.9 Å². The van der Waals surface area contributed by atoms with E-state index < -0.39 is 0 Å². The highest BCUT2D eigenvalue weighted by Gasteiger charge is 2.18. The van der Waals surface area contributed by atoms with E-state index in [0.717, 1.165) is 45.2 Å². The summed E-state index contributed by atoms with van der Waals surface area (Å²) in [7, 11) is 3.90. The first kappa shape index (κ1) is 17.4. The maximum Gasteiger partial charge on any atom is 0.193 e. The van der Waals surface area contributed by atoms with Crippen molar-refractivity contribution in [2.45, 2.75) is 19.5 Å². The number of ether oxygens (including phenoxy) is 1. The minimum absolute atomic E-state index is 0.592. The summed E-state index contributed by atoms with van der Waals surface area (Å²) in [6, 6.07) is 8.49. The summed E-state index contributed by atoms with van der Waals surface area (Å²) in [6.07, 6.45) is 4.42. The zero-order chi connectivity index (χ0) is 17.5. The van der Waals surface area contributed by atoms with Crippen LogP contribution in [0.2, 0.25) is 0 Å². The Morgan fingerprint density at radius 1 is 1.44 bits per heavy atom. The van der Waals surface area contributed by atoms with E-state index in [-0.39, 0.29) is 0 Å². The van der Waals surface area contributed by atoms with Crippen molar-refractivity contribution in [3.05, 3.63) is 48.0 Å². The zero-order valence-electron chi connectivity index (χ0n) is 14.9. The van der Waals surface area contributed by atoms with Crippen LogP contribution in [-0.4, -0.2) is 59.5 Å². The molecule has 7 heteroatoms. The van der Waals surface area contributed by atoms with Gasteiger partial charge < -0.3 is 15.0 Å². The third-order valence-electron chi connectivity index (χ3n) is 4.38. The van der Waals surface area contributed by atoms with Gasteiger partial charge in [0.05, 0.1) is 13.2 Å². The molecule has 134 valence electrons. The number of hydrogen-bond donors (Lipinski definition) is 1. The van der Waals surface area contributed by atoms with Crippen molar-refractivity contribution in [1.82, 2.24) is 25.0 Å². The van der Waals surface area contributed by atoms with E-state index >= 15 is 0 Å². The summed E-state index contributed by atoms with van der Waals surface area (Å²) in [5.74, 6) is 1.50. The normalized spacial score (nSPS) is 17.7. The van der Waals surface area contributed by atoms with E-state index in [0.29, 0.717) is 5.92 Å². The second-order valence-electron chi connectivity index (χ2n) is 6.42. The Morgan fingerprint density at radius 2 is 2.32 bits per heavy atom. The van der Waals surface area contributed by atoms with Crippen LogP contribution in [0.15, 0.2) is 41.9 Å². The molecule has 25 heavy (non-hydrogen) atoms. The average molecular weight is 342 g/mol. The molecule has 0 amide bonds. The molecular weight excluding hydrogens is 316 g/mol. The van der Waals surface area contributed by atoms with Gasteiger partial charge in [-0.15, -0.1) is 0 Å². The number of rotatable bonds is 6. The molecule has 0 spiro atoms. The fraction of sp³-hybridized carbons (Fsp3) is 0.500. The molecule has 3 rings (SSSR count). The Bertz CT molecular complexity index is 679. The molecule has 0 aliphatic carbocycles. The van der Waals surface area contributed by atoms with Gasteiger partial charge in [-0.05, 0) is 17.5 Å². The number of guanidine groups is 1. The molecule has 1 saturated heterocycles. The Hall–Kier alpha value is -2.41. The summed E-state index contributed by atoms with van der Waals surface area (Å²) in [4.78, 5) is 10.6. The number of benzene rings is 1. The first-order valence-electron chi connectivity index (χ1n) is 8.64. The summed E-state index contributed by atoms with van der Waals surface area (Å²) >= 11 is 0. The van der Waals surface area contributed by atoms with Crippen LogP contribution in [0.1, 0.15) is 17.5 Å². The van der Waals surface area contributed by atoms with Crippen LogP contribution in [0.5, 0.6) is 0 Å². The first-order chi connectivity index (χ1) is 12.2. The van der Waals surface area contributed by atoms with Gasteiger partial charge in [0.25, 0.3) is 0 Å². The zero-order valence-corrected chi connectivity index (χ0v) is 14.9. The van der Waals surface area contributed by atoms with E-state index in [9.17, 15) is 0 Å². The van der Waals surface area contributed by atoms with Gasteiger partial charge in [0.1, 0.15) is 12.7 Å². The second-order valence-corrected chi connectivity index (χ2v) is 6.42. The van der Waals surface area contributed by atoms with Crippen LogP contribution < -0.4 is 5.32 Å².